The number of hydrogen-bond donors (Lipinski definition) is 0. The molecule has 0 aliphatic carbocycles. The zero-order valence-corrected chi connectivity index (χ0v) is 14.8. The van der Waals surface area contributed by atoms with E-state index < -0.39 is 0 Å². The van der Waals surface area contributed by atoms with Gasteiger partial charge in [0.25, 0.3) is 0 Å². The summed E-state index contributed by atoms with van der Waals surface area (Å²) in [5, 5.41) is 0. The lowest BCUT2D eigenvalue weighted by Crippen LogP contribution is -2.38. The Labute approximate surface area is 141 Å². The molecule has 0 saturated carbocycles. The summed E-state index contributed by atoms with van der Waals surface area (Å²) < 4.78 is 11.1. The molecule has 0 bridgehead atoms. The van der Waals surface area contributed by atoms with E-state index >= 15 is 0 Å². The van der Waals surface area contributed by atoms with Crippen LogP contribution in [0.1, 0.15) is 39.4 Å². The summed E-state index contributed by atoms with van der Waals surface area (Å²) in [6.07, 6.45) is 3.40. The Morgan fingerprint density at radius 3 is 2.87 bits per heavy atom. The molecule has 0 fully saturated rings. The van der Waals surface area contributed by atoms with Crippen LogP contribution in [0.2, 0.25) is 0 Å². The highest BCUT2D eigenvalue weighted by atomic mass is 32.1. The van der Waals surface area contributed by atoms with Crippen LogP contribution in [0.3, 0.4) is 0 Å². The lowest BCUT2D eigenvalue weighted by atomic mass is 9.86. The van der Waals surface area contributed by atoms with E-state index in [9.17, 15) is 0 Å². The third-order valence-electron chi connectivity index (χ3n) is 5.19. The van der Waals surface area contributed by atoms with Gasteiger partial charge in [-0.05, 0) is 42.5 Å². The minimum Gasteiger partial charge on any atom is -0.493 e. The smallest absolute Gasteiger partial charge is 0.165 e. The number of aryl methyl sites for hydroxylation is 1. The van der Waals surface area contributed by atoms with Crippen molar-refractivity contribution in [3.05, 3.63) is 44.6 Å². The van der Waals surface area contributed by atoms with Gasteiger partial charge in [0, 0.05) is 34.4 Å². The minimum absolute atomic E-state index is 0.529. The standard InChI is InChI=1S/C19H23NO2S/c1-4-13-10-14-16-9-12-5-6-17(21-2)19(22-3)15(12)11-20(16)8-7-18(14)23-13/h5-6,10,16H,4,7-9,11H2,1-3H3/t16-/m0/s1. The number of methoxy groups -OCH3 is 2. The second kappa shape index (κ2) is 5.84. The molecule has 2 aliphatic heterocycles. The summed E-state index contributed by atoms with van der Waals surface area (Å²) >= 11 is 2.01. The van der Waals surface area contributed by atoms with Crippen LogP contribution in [-0.4, -0.2) is 25.7 Å². The van der Waals surface area contributed by atoms with Crippen LogP contribution in [-0.2, 0) is 25.8 Å². The molecule has 0 radical (unpaired) electrons. The van der Waals surface area contributed by atoms with Crippen LogP contribution < -0.4 is 9.47 Å². The maximum Gasteiger partial charge on any atom is 0.165 e. The number of benzene rings is 1. The molecule has 0 N–H and O–H groups in total. The van der Waals surface area contributed by atoms with Crippen molar-refractivity contribution in [3.63, 3.8) is 0 Å². The van der Waals surface area contributed by atoms with Gasteiger partial charge >= 0.3 is 0 Å². The van der Waals surface area contributed by atoms with E-state index in [2.05, 4.69) is 24.0 Å². The number of ether oxygens (including phenoxy) is 2. The fourth-order valence-corrected chi connectivity index (χ4v) is 5.14. The maximum atomic E-state index is 5.66. The Balaban J connectivity index is 1.75. The molecule has 1 aromatic heterocycles. The lowest BCUT2D eigenvalue weighted by Gasteiger charge is -2.40. The van der Waals surface area contributed by atoms with Gasteiger partial charge < -0.3 is 9.47 Å². The van der Waals surface area contributed by atoms with Crippen LogP contribution in [0.15, 0.2) is 18.2 Å². The molecule has 4 heteroatoms. The first-order chi connectivity index (χ1) is 11.2. The van der Waals surface area contributed by atoms with Gasteiger partial charge in [0.05, 0.1) is 14.2 Å². The summed E-state index contributed by atoms with van der Waals surface area (Å²) in [5.74, 6) is 1.75. The Hall–Kier alpha value is -1.52. The van der Waals surface area contributed by atoms with Crippen LogP contribution in [0, 0.1) is 0 Å². The fourth-order valence-electron chi connectivity index (χ4n) is 3.99. The van der Waals surface area contributed by atoms with Gasteiger partial charge in [-0.15, -0.1) is 11.3 Å². The van der Waals surface area contributed by atoms with Crippen molar-refractivity contribution >= 4 is 11.3 Å². The predicted octanol–water partition coefficient (Wildman–Crippen LogP) is 3.98. The number of rotatable bonds is 3. The van der Waals surface area contributed by atoms with Gasteiger partial charge in [0.2, 0.25) is 0 Å². The summed E-state index contributed by atoms with van der Waals surface area (Å²) in [6, 6.07) is 7.24. The van der Waals surface area contributed by atoms with Crippen molar-refractivity contribution in [2.24, 2.45) is 0 Å². The molecule has 1 aromatic carbocycles. The largest absolute Gasteiger partial charge is 0.493 e. The van der Waals surface area contributed by atoms with E-state index in [1.165, 1.54) is 22.4 Å². The molecule has 1 atom stereocenters. The maximum absolute atomic E-state index is 5.66. The zero-order valence-electron chi connectivity index (χ0n) is 14.0. The first-order valence-electron chi connectivity index (χ1n) is 8.33. The van der Waals surface area contributed by atoms with Crippen molar-refractivity contribution in [3.8, 4) is 11.5 Å². The summed E-state index contributed by atoms with van der Waals surface area (Å²) in [6.45, 7) is 4.35. The Morgan fingerprint density at radius 1 is 1.26 bits per heavy atom. The number of hydrogen-bond acceptors (Lipinski definition) is 4. The van der Waals surface area contributed by atoms with Gasteiger partial charge in [-0.25, -0.2) is 0 Å². The second-order valence-electron chi connectivity index (χ2n) is 6.32. The van der Waals surface area contributed by atoms with E-state index in [0.717, 1.165) is 37.4 Å². The Morgan fingerprint density at radius 2 is 2.13 bits per heavy atom. The van der Waals surface area contributed by atoms with Crippen LogP contribution >= 0.6 is 11.3 Å². The molecule has 0 saturated heterocycles. The highest BCUT2D eigenvalue weighted by Gasteiger charge is 2.35. The SMILES string of the molecule is CCc1cc2c(s1)CCN1Cc3c(ccc(OC)c3OC)C[C@@H]21. The average Bonchev–Trinajstić information content (AvgIpc) is 3.02. The molecule has 0 amide bonds. The molecule has 0 spiro atoms. The fraction of sp³-hybridized carbons (Fsp3) is 0.474. The summed E-state index contributed by atoms with van der Waals surface area (Å²) in [5.41, 5.74) is 4.28. The molecule has 3 nitrogen and oxygen atoms in total. The lowest BCUT2D eigenvalue weighted by molar-refractivity contribution is 0.159. The van der Waals surface area contributed by atoms with Gasteiger partial charge in [-0.2, -0.15) is 0 Å². The molecule has 2 aromatic rings. The van der Waals surface area contributed by atoms with E-state index in [1.54, 1.807) is 24.7 Å². The minimum atomic E-state index is 0.529. The number of thiophene rings is 1. The first kappa shape index (κ1) is 15.0. The van der Waals surface area contributed by atoms with Crippen molar-refractivity contribution in [1.29, 1.82) is 0 Å². The van der Waals surface area contributed by atoms with E-state index in [1.807, 2.05) is 17.4 Å². The molecule has 0 unspecified atom stereocenters. The van der Waals surface area contributed by atoms with E-state index in [4.69, 9.17) is 9.47 Å². The monoisotopic (exact) mass is 329 g/mol. The predicted molar refractivity (Wildman–Crippen MR) is 93.8 cm³/mol. The summed E-state index contributed by atoms with van der Waals surface area (Å²) in [4.78, 5) is 5.74. The topological polar surface area (TPSA) is 21.7 Å². The molecule has 2 aliphatic rings. The molecule has 4 rings (SSSR count). The molecule has 3 heterocycles. The van der Waals surface area contributed by atoms with Crippen molar-refractivity contribution in [2.75, 3.05) is 20.8 Å². The van der Waals surface area contributed by atoms with Gasteiger partial charge in [-0.3, -0.25) is 4.90 Å². The molecular formula is C19H23NO2S. The van der Waals surface area contributed by atoms with Crippen molar-refractivity contribution < 1.29 is 9.47 Å². The average molecular weight is 329 g/mol. The quantitative estimate of drug-likeness (QED) is 0.850. The van der Waals surface area contributed by atoms with Gasteiger partial charge in [0.15, 0.2) is 11.5 Å². The third kappa shape index (κ3) is 2.36. The van der Waals surface area contributed by atoms with E-state index in [0.29, 0.717) is 6.04 Å². The van der Waals surface area contributed by atoms with Gasteiger partial charge in [-0.1, -0.05) is 13.0 Å². The molecule has 23 heavy (non-hydrogen) atoms. The first-order valence-corrected chi connectivity index (χ1v) is 9.15. The second-order valence-corrected chi connectivity index (χ2v) is 7.55. The highest BCUT2D eigenvalue weighted by molar-refractivity contribution is 7.12. The highest BCUT2D eigenvalue weighted by Crippen LogP contribution is 2.45. The third-order valence-corrected chi connectivity index (χ3v) is 6.54. The zero-order chi connectivity index (χ0) is 16.0. The Kier molecular flexibility index (Phi) is 3.82. The van der Waals surface area contributed by atoms with Crippen LogP contribution in [0.4, 0.5) is 0 Å². The number of fused-ring (bicyclic) bond motifs is 4. The normalized spacial score (nSPS) is 19.7. The molecule has 122 valence electrons. The molecular weight excluding hydrogens is 306 g/mol. The number of nitrogens with zero attached hydrogens (tertiary/aromatic N) is 1. The van der Waals surface area contributed by atoms with Gasteiger partial charge in [0.1, 0.15) is 0 Å². The van der Waals surface area contributed by atoms with E-state index in [-0.39, 0.29) is 0 Å². The Bertz CT molecular complexity index is 737. The van der Waals surface area contributed by atoms with Crippen LogP contribution in [0.5, 0.6) is 11.5 Å². The van der Waals surface area contributed by atoms with Crippen molar-refractivity contribution in [1.82, 2.24) is 4.90 Å². The van der Waals surface area contributed by atoms with Crippen molar-refractivity contribution in [2.45, 2.75) is 38.8 Å². The van der Waals surface area contributed by atoms with Crippen LogP contribution in [0.25, 0.3) is 0 Å². The summed E-state index contributed by atoms with van der Waals surface area (Å²) in [7, 11) is 3.45.